The molecule has 2 heterocycles. The van der Waals surface area contributed by atoms with E-state index in [-0.39, 0.29) is 5.92 Å². The number of aryl methyl sites for hydroxylation is 1. The van der Waals surface area contributed by atoms with E-state index in [2.05, 4.69) is 20.4 Å². The Morgan fingerprint density at radius 3 is 2.24 bits per heavy atom. The van der Waals surface area contributed by atoms with Gasteiger partial charge in [-0.15, -0.1) is 0 Å². The molecular formula is C24H27N5O4. The van der Waals surface area contributed by atoms with Crippen LogP contribution in [0.1, 0.15) is 39.7 Å². The van der Waals surface area contributed by atoms with Crippen molar-refractivity contribution in [2.75, 3.05) is 5.32 Å². The first-order valence-corrected chi connectivity index (χ1v) is 10.7. The monoisotopic (exact) mass is 449 g/mol. The van der Waals surface area contributed by atoms with E-state index in [1.165, 1.54) is 4.68 Å². The maximum absolute atomic E-state index is 12.2. The second-order valence-electron chi connectivity index (χ2n) is 9.40. The number of carboxylic acids is 1. The van der Waals surface area contributed by atoms with Crippen molar-refractivity contribution in [2.45, 2.75) is 45.1 Å². The Kier molecular flexibility index (Phi) is 5.43. The number of amides is 1. The van der Waals surface area contributed by atoms with Gasteiger partial charge in [0.2, 0.25) is 0 Å². The number of carboxylic acid groups (broad SMARTS) is 1. The van der Waals surface area contributed by atoms with Crippen molar-refractivity contribution in [1.29, 1.82) is 0 Å². The van der Waals surface area contributed by atoms with Gasteiger partial charge in [0.25, 0.3) is 0 Å². The summed E-state index contributed by atoms with van der Waals surface area (Å²) in [7, 11) is 1.71. The van der Waals surface area contributed by atoms with Crippen molar-refractivity contribution in [3.63, 3.8) is 0 Å². The number of nitrogens with one attached hydrogen (secondary N) is 1. The molecule has 1 saturated carbocycles. The number of carbonyl (C=O) groups excluding carboxylic acids is 1. The molecule has 4 rings (SSSR count). The standard InChI is InChI=1S/C24H27N5O4/c1-14-10-24(14,21(30)31)16-8-6-15(7-9-16)18-12-26-19(13-25-18)17-11-27-29(5)20(17)28-22(32)33-23(2,3)4/h6-9,11-14H,10H2,1-5H3,(H,28,32)(H,30,31). The quantitative estimate of drug-likeness (QED) is 0.597. The summed E-state index contributed by atoms with van der Waals surface area (Å²) in [4.78, 5) is 33.0. The number of rotatable bonds is 5. The van der Waals surface area contributed by atoms with E-state index in [9.17, 15) is 14.7 Å². The highest BCUT2D eigenvalue weighted by molar-refractivity contribution is 5.89. The lowest BCUT2D eigenvalue weighted by molar-refractivity contribution is -0.140. The number of aromatic nitrogens is 4. The van der Waals surface area contributed by atoms with Crippen LogP contribution in [-0.2, 0) is 22.0 Å². The lowest BCUT2D eigenvalue weighted by Crippen LogP contribution is -2.28. The van der Waals surface area contributed by atoms with Crippen molar-refractivity contribution in [3.05, 3.63) is 48.4 Å². The summed E-state index contributed by atoms with van der Waals surface area (Å²) in [5.41, 5.74) is 2.07. The molecule has 1 amide bonds. The molecule has 2 N–H and O–H groups in total. The van der Waals surface area contributed by atoms with Gasteiger partial charge in [0.05, 0.1) is 41.0 Å². The van der Waals surface area contributed by atoms with Gasteiger partial charge in [0.1, 0.15) is 11.4 Å². The molecule has 1 aliphatic rings. The number of nitrogens with zero attached hydrogens (tertiary/aromatic N) is 4. The summed E-state index contributed by atoms with van der Waals surface area (Å²) in [5.74, 6) is -0.199. The van der Waals surface area contributed by atoms with Crippen LogP contribution in [0.4, 0.5) is 10.6 Å². The van der Waals surface area contributed by atoms with Crippen LogP contribution in [0.15, 0.2) is 42.9 Å². The molecule has 172 valence electrons. The molecule has 1 aliphatic carbocycles. The van der Waals surface area contributed by atoms with Crippen LogP contribution in [0.3, 0.4) is 0 Å². The van der Waals surface area contributed by atoms with Crippen LogP contribution in [0.5, 0.6) is 0 Å². The van der Waals surface area contributed by atoms with E-state index >= 15 is 0 Å². The van der Waals surface area contributed by atoms with Crippen LogP contribution in [-0.4, -0.2) is 42.5 Å². The molecule has 2 aromatic heterocycles. The molecule has 1 aromatic carbocycles. The Balaban J connectivity index is 1.54. The van der Waals surface area contributed by atoms with Crippen LogP contribution < -0.4 is 5.32 Å². The minimum Gasteiger partial charge on any atom is -0.481 e. The zero-order valence-electron chi connectivity index (χ0n) is 19.3. The number of aliphatic carboxylic acids is 1. The van der Waals surface area contributed by atoms with Gasteiger partial charge in [-0.3, -0.25) is 24.8 Å². The lowest BCUT2D eigenvalue weighted by Gasteiger charge is -2.20. The van der Waals surface area contributed by atoms with Gasteiger partial charge < -0.3 is 9.84 Å². The Hall–Kier alpha value is -3.75. The fourth-order valence-corrected chi connectivity index (χ4v) is 3.98. The van der Waals surface area contributed by atoms with E-state index in [0.717, 1.165) is 11.1 Å². The Bertz CT molecular complexity index is 1200. The first kappa shape index (κ1) is 22.4. The molecule has 0 radical (unpaired) electrons. The normalized spacial score (nSPS) is 19.7. The smallest absolute Gasteiger partial charge is 0.413 e. The molecule has 0 saturated heterocycles. The Morgan fingerprint density at radius 2 is 1.73 bits per heavy atom. The highest BCUT2D eigenvalue weighted by atomic mass is 16.6. The van der Waals surface area contributed by atoms with E-state index in [0.29, 0.717) is 29.2 Å². The van der Waals surface area contributed by atoms with E-state index in [1.54, 1.807) is 46.4 Å². The molecular weight excluding hydrogens is 422 g/mol. The summed E-state index contributed by atoms with van der Waals surface area (Å²) in [5, 5.41) is 16.6. The number of ether oxygens (including phenoxy) is 1. The topological polar surface area (TPSA) is 119 Å². The van der Waals surface area contributed by atoms with Crippen molar-refractivity contribution in [2.24, 2.45) is 13.0 Å². The predicted molar refractivity (Wildman–Crippen MR) is 123 cm³/mol. The van der Waals surface area contributed by atoms with Gasteiger partial charge in [-0.2, -0.15) is 5.10 Å². The molecule has 2 unspecified atom stereocenters. The summed E-state index contributed by atoms with van der Waals surface area (Å²) in [6.07, 6.45) is 4.93. The van der Waals surface area contributed by atoms with Gasteiger partial charge in [0, 0.05) is 12.6 Å². The largest absolute Gasteiger partial charge is 0.481 e. The molecule has 0 aliphatic heterocycles. The third kappa shape index (κ3) is 4.30. The average Bonchev–Trinajstić information content (AvgIpc) is 3.32. The first-order chi connectivity index (χ1) is 15.5. The number of benzene rings is 1. The van der Waals surface area contributed by atoms with Crippen molar-refractivity contribution >= 4 is 17.9 Å². The molecule has 1 fully saturated rings. The molecule has 33 heavy (non-hydrogen) atoms. The van der Waals surface area contributed by atoms with E-state index < -0.39 is 23.1 Å². The summed E-state index contributed by atoms with van der Waals surface area (Å²) < 4.78 is 6.86. The molecule has 0 bridgehead atoms. The average molecular weight is 450 g/mol. The Morgan fingerprint density at radius 1 is 1.12 bits per heavy atom. The third-order valence-corrected chi connectivity index (χ3v) is 5.87. The minimum absolute atomic E-state index is 0.128. The SMILES string of the molecule is CC1CC1(C(=O)O)c1ccc(-c2cnc(-c3cnn(C)c3NC(=O)OC(C)(C)C)cn2)cc1. The first-order valence-electron chi connectivity index (χ1n) is 10.7. The van der Waals surface area contributed by atoms with Crippen LogP contribution >= 0.6 is 0 Å². The zero-order chi connectivity index (χ0) is 24.0. The number of anilines is 1. The summed E-state index contributed by atoms with van der Waals surface area (Å²) in [6, 6.07) is 7.45. The van der Waals surface area contributed by atoms with Crippen LogP contribution in [0.2, 0.25) is 0 Å². The summed E-state index contributed by atoms with van der Waals surface area (Å²) in [6.45, 7) is 7.33. The van der Waals surface area contributed by atoms with Gasteiger partial charge in [-0.1, -0.05) is 31.2 Å². The molecule has 3 aromatic rings. The second-order valence-corrected chi connectivity index (χ2v) is 9.40. The maximum Gasteiger partial charge on any atom is 0.413 e. The zero-order valence-corrected chi connectivity index (χ0v) is 19.3. The fraction of sp³-hybridized carbons (Fsp3) is 0.375. The van der Waals surface area contributed by atoms with Crippen molar-refractivity contribution in [1.82, 2.24) is 19.7 Å². The molecule has 2 atom stereocenters. The number of carbonyl (C=O) groups is 2. The minimum atomic E-state index is -0.779. The van der Waals surface area contributed by atoms with Crippen LogP contribution in [0, 0.1) is 5.92 Å². The lowest BCUT2D eigenvalue weighted by atomic mass is 9.92. The van der Waals surface area contributed by atoms with E-state index in [1.807, 2.05) is 31.2 Å². The van der Waals surface area contributed by atoms with Crippen LogP contribution in [0.25, 0.3) is 22.5 Å². The van der Waals surface area contributed by atoms with Gasteiger partial charge in [0.15, 0.2) is 0 Å². The van der Waals surface area contributed by atoms with Gasteiger partial charge in [-0.25, -0.2) is 4.79 Å². The Labute approximate surface area is 191 Å². The third-order valence-electron chi connectivity index (χ3n) is 5.87. The maximum atomic E-state index is 12.2. The predicted octanol–water partition coefficient (Wildman–Crippen LogP) is 4.25. The molecule has 9 heteroatoms. The van der Waals surface area contributed by atoms with Crippen molar-refractivity contribution < 1.29 is 19.4 Å². The van der Waals surface area contributed by atoms with E-state index in [4.69, 9.17) is 4.74 Å². The number of hydrogen-bond donors (Lipinski definition) is 2. The van der Waals surface area contributed by atoms with Gasteiger partial charge >= 0.3 is 12.1 Å². The molecule has 0 spiro atoms. The summed E-state index contributed by atoms with van der Waals surface area (Å²) >= 11 is 0. The molecule has 9 nitrogen and oxygen atoms in total. The second kappa shape index (κ2) is 7.99. The highest BCUT2D eigenvalue weighted by Gasteiger charge is 2.58. The number of hydrogen-bond acceptors (Lipinski definition) is 6. The highest BCUT2D eigenvalue weighted by Crippen LogP contribution is 2.54. The van der Waals surface area contributed by atoms with Gasteiger partial charge in [-0.05, 0) is 38.7 Å². The fourth-order valence-electron chi connectivity index (χ4n) is 3.98. The van der Waals surface area contributed by atoms with Crippen molar-refractivity contribution in [3.8, 4) is 22.5 Å².